The molecule has 14 heavy (non-hydrogen) atoms. The second-order valence-corrected chi connectivity index (χ2v) is 2.88. The molecule has 0 rings (SSSR count). The molecule has 0 bridgehead atoms. The van der Waals surface area contributed by atoms with E-state index in [1.807, 2.05) is 13.8 Å². The molecule has 0 fully saturated rings. The minimum atomic E-state index is -0.919. The zero-order valence-corrected chi connectivity index (χ0v) is 8.40. The van der Waals surface area contributed by atoms with Crippen molar-refractivity contribution in [2.24, 2.45) is 0 Å². The lowest BCUT2D eigenvalue weighted by molar-refractivity contribution is -0.140. The van der Waals surface area contributed by atoms with E-state index in [0.717, 1.165) is 12.5 Å². The highest BCUT2D eigenvalue weighted by molar-refractivity contribution is 6.61. The van der Waals surface area contributed by atoms with Crippen molar-refractivity contribution in [2.75, 3.05) is 6.61 Å². The molecule has 0 aliphatic heterocycles. The van der Waals surface area contributed by atoms with Crippen molar-refractivity contribution in [3.05, 3.63) is 17.2 Å². The van der Waals surface area contributed by atoms with Crippen LogP contribution >= 0.6 is 0 Å². The Bertz CT molecular complexity index is 321. The number of ketones is 1. The molecule has 0 radical (unpaired) electrons. The lowest BCUT2D eigenvalue weighted by atomic mass is 10.3. The van der Waals surface area contributed by atoms with Crippen molar-refractivity contribution < 1.29 is 19.1 Å². The van der Waals surface area contributed by atoms with Gasteiger partial charge in [-0.1, -0.05) is 5.57 Å². The van der Waals surface area contributed by atoms with Crippen molar-refractivity contribution in [1.29, 1.82) is 0 Å². The highest BCUT2D eigenvalue weighted by atomic mass is 16.5. The van der Waals surface area contributed by atoms with Crippen LogP contribution in [0, 0.1) is 0 Å². The van der Waals surface area contributed by atoms with Crippen molar-refractivity contribution >= 4 is 17.5 Å². The summed E-state index contributed by atoms with van der Waals surface area (Å²) in [7, 11) is 0. The Morgan fingerprint density at radius 2 is 1.93 bits per heavy atom. The van der Waals surface area contributed by atoms with Crippen molar-refractivity contribution in [2.45, 2.75) is 20.8 Å². The van der Waals surface area contributed by atoms with Gasteiger partial charge in [0.2, 0.25) is 5.78 Å². The molecule has 0 atom stereocenters. The van der Waals surface area contributed by atoms with Gasteiger partial charge in [-0.25, -0.2) is 4.79 Å². The van der Waals surface area contributed by atoms with Gasteiger partial charge in [0.05, 0.1) is 0 Å². The van der Waals surface area contributed by atoms with Crippen LogP contribution in [0.2, 0.25) is 0 Å². The van der Waals surface area contributed by atoms with E-state index in [2.05, 4.69) is 9.53 Å². The van der Waals surface area contributed by atoms with Gasteiger partial charge in [-0.05, 0) is 19.9 Å². The molecule has 0 saturated carbocycles. The van der Waals surface area contributed by atoms with Gasteiger partial charge < -0.3 is 10.3 Å². The molecule has 0 aliphatic carbocycles. The van der Waals surface area contributed by atoms with Crippen molar-refractivity contribution in [3.8, 4) is 0 Å². The highest BCUT2D eigenvalue weighted by Gasteiger charge is 2.26. The van der Waals surface area contributed by atoms with Gasteiger partial charge in [-0.15, -0.1) is 0 Å². The molecule has 0 aliphatic rings. The first-order valence-electron chi connectivity index (χ1n) is 4.02. The third kappa shape index (κ3) is 4.33. The first-order valence-corrected chi connectivity index (χ1v) is 4.02. The number of carbonyl (C=O) groups is 2. The normalized spacial score (nSPS) is 8.50. The van der Waals surface area contributed by atoms with E-state index in [1.54, 1.807) is 6.08 Å². The lowest BCUT2D eigenvalue weighted by Crippen LogP contribution is -2.25. The third-order valence-corrected chi connectivity index (χ3v) is 1.33. The predicted octanol–water partition coefficient (Wildman–Crippen LogP) is 0.756. The molecule has 0 amide bonds. The molecular formula is C9H12N2O3. The van der Waals surface area contributed by atoms with E-state index < -0.39 is 17.5 Å². The minimum Gasteiger partial charge on any atom is -0.452 e. The number of rotatable bonds is 4. The molecule has 0 spiro atoms. The number of esters is 1. The van der Waals surface area contributed by atoms with Crippen LogP contribution in [0.3, 0.4) is 0 Å². The van der Waals surface area contributed by atoms with Crippen LogP contribution in [0.4, 0.5) is 0 Å². The standard InChI is InChI=1S/C9H12N2O3/c1-6(2)4-5-14-9(13)8(11-10)7(3)12/h4H,5H2,1-3H3. The highest BCUT2D eigenvalue weighted by Crippen LogP contribution is 1.90. The number of Topliss-reactive ketones (excluding diaryl/α,β-unsaturated/α-hetero) is 1. The van der Waals surface area contributed by atoms with Crippen LogP contribution in [0.5, 0.6) is 0 Å². The van der Waals surface area contributed by atoms with Gasteiger partial charge in [0.25, 0.3) is 0 Å². The monoisotopic (exact) mass is 196 g/mol. The fourth-order valence-electron chi connectivity index (χ4n) is 0.607. The van der Waals surface area contributed by atoms with Crippen LogP contribution in [-0.2, 0) is 14.3 Å². The fourth-order valence-corrected chi connectivity index (χ4v) is 0.607. The average molecular weight is 196 g/mol. The quantitative estimate of drug-likeness (QED) is 0.166. The number of allylic oxidation sites excluding steroid dienone is 1. The summed E-state index contributed by atoms with van der Waals surface area (Å²) in [5.74, 6) is -1.55. The SMILES string of the molecule is CC(=O)C(=[N+]=[N-])C(=O)OCC=C(C)C. The third-order valence-electron chi connectivity index (χ3n) is 1.33. The number of nitrogens with zero attached hydrogens (tertiary/aromatic N) is 2. The maximum absolute atomic E-state index is 11.0. The number of carbonyl (C=O) groups excluding carboxylic acids is 2. The Morgan fingerprint density at radius 1 is 1.36 bits per heavy atom. The number of hydrogen-bond acceptors (Lipinski definition) is 3. The maximum atomic E-state index is 11.0. The van der Waals surface area contributed by atoms with E-state index in [9.17, 15) is 9.59 Å². The van der Waals surface area contributed by atoms with E-state index in [0.29, 0.717) is 0 Å². The molecule has 0 heterocycles. The summed E-state index contributed by atoms with van der Waals surface area (Å²) < 4.78 is 4.64. The predicted molar refractivity (Wildman–Crippen MR) is 49.7 cm³/mol. The topological polar surface area (TPSA) is 79.8 Å². The number of ether oxygens (including phenoxy) is 1. The molecule has 0 aromatic heterocycles. The second-order valence-electron chi connectivity index (χ2n) is 2.88. The first-order chi connectivity index (χ1) is 6.49. The molecule has 0 unspecified atom stereocenters. The van der Waals surface area contributed by atoms with Gasteiger partial charge in [-0.3, -0.25) is 4.79 Å². The van der Waals surface area contributed by atoms with Gasteiger partial charge in [0.1, 0.15) is 6.61 Å². The van der Waals surface area contributed by atoms with Crippen LogP contribution < -0.4 is 0 Å². The van der Waals surface area contributed by atoms with E-state index in [-0.39, 0.29) is 6.61 Å². The van der Waals surface area contributed by atoms with E-state index in [1.165, 1.54) is 0 Å². The van der Waals surface area contributed by atoms with Crippen LogP contribution in [0.25, 0.3) is 5.53 Å². The summed E-state index contributed by atoms with van der Waals surface area (Å²) in [6.07, 6.45) is 1.67. The molecule has 0 aromatic rings. The van der Waals surface area contributed by atoms with Crippen LogP contribution in [-0.4, -0.2) is 28.9 Å². The van der Waals surface area contributed by atoms with Crippen LogP contribution in [0.1, 0.15) is 20.8 Å². The summed E-state index contributed by atoms with van der Waals surface area (Å²) in [5.41, 5.74) is 8.72. The van der Waals surface area contributed by atoms with E-state index in [4.69, 9.17) is 5.53 Å². The summed E-state index contributed by atoms with van der Waals surface area (Å²) in [5, 5.41) is 0. The zero-order valence-electron chi connectivity index (χ0n) is 8.40. The first kappa shape index (κ1) is 12.3. The maximum Gasteiger partial charge on any atom is 0.441 e. The molecule has 0 aromatic carbocycles. The molecule has 5 heteroatoms. The van der Waals surface area contributed by atoms with Crippen molar-refractivity contribution in [1.82, 2.24) is 0 Å². The Hall–Kier alpha value is -1.74. The summed E-state index contributed by atoms with van der Waals surface area (Å²) >= 11 is 0. The van der Waals surface area contributed by atoms with Crippen LogP contribution in [0.15, 0.2) is 11.6 Å². The second kappa shape index (κ2) is 5.83. The van der Waals surface area contributed by atoms with Gasteiger partial charge in [0, 0.05) is 6.92 Å². The van der Waals surface area contributed by atoms with Crippen molar-refractivity contribution in [3.63, 3.8) is 0 Å². The summed E-state index contributed by atoms with van der Waals surface area (Å²) in [6.45, 7) is 4.88. The lowest BCUT2D eigenvalue weighted by Gasteiger charge is -1.96. The Kier molecular flexibility index (Phi) is 5.10. The zero-order chi connectivity index (χ0) is 11.1. The van der Waals surface area contributed by atoms with Gasteiger partial charge >= 0.3 is 11.7 Å². The fraction of sp³-hybridized carbons (Fsp3) is 0.444. The minimum absolute atomic E-state index is 0.0630. The van der Waals surface area contributed by atoms with Gasteiger partial charge in [-0.2, -0.15) is 4.79 Å². The Morgan fingerprint density at radius 3 is 2.29 bits per heavy atom. The molecular weight excluding hydrogens is 184 g/mol. The smallest absolute Gasteiger partial charge is 0.441 e. The Labute approximate surface area is 82.0 Å². The molecule has 0 N–H and O–H groups in total. The molecule has 5 nitrogen and oxygen atoms in total. The summed E-state index contributed by atoms with van der Waals surface area (Å²) in [6, 6.07) is 0. The largest absolute Gasteiger partial charge is 0.452 e. The van der Waals surface area contributed by atoms with E-state index >= 15 is 0 Å². The average Bonchev–Trinajstić information content (AvgIpc) is 2.03. The number of hydrogen-bond donors (Lipinski definition) is 0. The summed E-state index contributed by atoms with van der Waals surface area (Å²) in [4.78, 5) is 24.3. The van der Waals surface area contributed by atoms with Gasteiger partial charge in [0.15, 0.2) is 0 Å². The molecule has 0 saturated heterocycles. The molecule has 76 valence electrons. The Balaban J connectivity index is 4.29.